The molecule has 112 valence electrons. The number of carbonyl (C=O) groups excluding carboxylic acids is 1. The van der Waals surface area contributed by atoms with Crippen molar-refractivity contribution < 1.29 is 4.79 Å². The molecule has 0 bridgehead atoms. The summed E-state index contributed by atoms with van der Waals surface area (Å²) in [5.41, 5.74) is 1.78. The average molecular weight is 322 g/mol. The Bertz CT molecular complexity index is 600. The third kappa shape index (κ3) is 4.18. The summed E-state index contributed by atoms with van der Waals surface area (Å²) in [6, 6.07) is 3.73. The number of hydrogen-bond donors (Lipinski definition) is 1. The second-order valence-corrected chi connectivity index (χ2v) is 6.50. The molecule has 0 fully saturated rings. The predicted molar refractivity (Wildman–Crippen MR) is 90.1 cm³/mol. The first-order chi connectivity index (χ1) is 10.1. The zero-order chi connectivity index (χ0) is 15.2. The summed E-state index contributed by atoms with van der Waals surface area (Å²) in [7, 11) is 1.80. The number of pyridine rings is 1. The standard InChI is InChI=1S/C14H18N4OS2/c1-10-12(17-14(19)18(2)7-8-20-3)21-13(16-10)11-5-4-6-15-9-11/h4-6,9H,7-8H2,1-3H3,(H,17,19). The first-order valence-corrected chi connectivity index (χ1v) is 8.71. The van der Waals surface area contributed by atoms with Gasteiger partial charge in [-0.25, -0.2) is 9.78 Å². The lowest BCUT2D eigenvalue weighted by atomic mass is 10.3. The Labute approximate surface area is 132 Å². The van der Waals surface area contributed by atoms with Crippen molar-refractivity contribution in [1.82, 2.24) is 14.9 Å². The van der Waals surface area contributed by atoms with Crippen LogP contribution in [0.4, 0.5) is 9.80 Å². The molecule has 21 heavy (non-hydrogen) atoms. The van der Waals surface area contributed by atoms with Gasteiger partial charge in [-0.3, -0.25) is 10.3 Å². The van der Waals surface area contributed by atoms with E-state index in [9.17, 15) is 4.79 Å². The van der Waals surface area contributed by atoms with E-state index < -0.39 is 0 Å². The zero-order valence-electron chi connectivity index (χ0n) is 12.3. The summed E-state index contributed by atoms with van der Waals surface area (Å²) < 4.78 is 0. The van der Waals surface area contributed by atoms with Gasteiger partial charge in [0.25, 0.3) is 0 Å². The van der Waals surface area contributed by atoms with Crippen molar-refractivity contribution in [3.05, 3.63) is 30.2 Å². The molecule has 2 heterocycles. The number of urea groups is 1. The molecule has 0 saturated carbocycles. The monoisotopic (exact) mass is 322 g/mol. The van der Waals surface area contributed by atoms with Gasteiger partial charge in [-0.15, -0.1) is 0 Å². The van der Waals surface area contributed by atoms with E-state index in [1.807, 2.05) is 25.3 Å². The van der Waals surface area contributed by atoms with Gasteiger partial charge in [0.05, 0.1) is 5.69 Å². The first-order valence-electron chi connectivity index (χ1n) is 6.50. The molecule has 7 heteroatoms. The number of aryl methyl sites for hydroxylation is 1. The van der Waals surface area contributed by atoms with E-state index in [4.69, 9.17) is 0 Å². The van der Waals surface area contributed by atoms with E-state index in [1.54, 1.807) is 36.1 Å². The van der Waals surface area contributed by atoms with E-state index in [0.717, 1.165) is 33.6 Å². The molecule has 0 spiro atoms. The smallest absolute Gasteiger partial charge is 0.322 e. The number of anilines is 1. The predicted octanol–water partition coefficient (Wildman–Crippen LogP) is 3.34. The summed E-state index contributed by atoms with van der Waals surface area (Å²) in [5.74, 6) is 0.923. The minimum Gasteiger partial charge on any atom is -0.327 e. The summed E-state index contributed by atoms with van der Waals surface area (Å²) in [6.45, 7) is 2.62. The van der Waals surface area contributed by atoms with Crippen molar-refractivity contribution in [3.63, 3.8) is 0 Å². The molecule has 1 N–H and O–H groups in total. The van der Waals surface area contributed by atoms with Gasteiger partial charge in [0.2, 0.25) is 0 Å². The number of thioether (sulfide) groups is 1. The van der Waals surface area contributed by atoms with Crippen LogP contribution in [0.25, 0.3) is 10.6 Å². The fraction of sp³-hybridized carbons (Fsp3) is 0.357. The van der Waals surface area contributed by atoms with E-state index in [2.05, 4.69) is 15.3 Å². The molecular formula is C14H18N4OS2. The summed E-state index contributed by atoms with van der Waals surface area (Å²) in [6.07, 6.45) is 5.53. The molecule has 0 aliphatic rings. The molecule has 5 nitrogen and oxygen atoms in total. The highest BCUT2D eigenvalue weighted by Gasteiger charge is 2.14. The van der Waals surface area contributed by atoms with E-state index in [1.165, 1.54) is 11.3 Å². The van der Waals surface area contributed by atoms with Crippen LogP contribution < -0.4 is 5.32 Å². The second kappa shape index (κ2) is 7.42. The van der Waals surface area contributed by atoms with Crippen LogP contribution in [0, 0.1) is 6.92 Å². The van der Waals surface area contributed by atoms with Gasteiger partial charge in [0.1, 0.15) is 10.0 Å². The van der Waals surface area contributed by atoms with Crippen LogP contribution in [0.1, 0.15) is 5.69 Å². The lowest BCUT2D eigenvalue weighted by Crippen LogP contribution is -2.32. The lowest BCUT2D eigenvalue weighted by Gasteiger charge is -2.16. The lowest BCUT2D eigenvalue weighted by molar-refractivity contribution is 0.225. The molecule has 0 aliphatic heterocycles. The molecule has 2 amide bonds. The Balaban J connectivity index is 2.08. The number of hydrogen-bond acceptors (Lipinski definition) is 5. The summed E-state index contributed by atoms with van der Waals surface area (Å²) >= 11 is 3.19. The Morgan fingerprint density at radius 2 is 2.33 bits per heavy atom. The third-order valence-electron chi connectivity index (χ3n) is 2.90. The number of thiazole rings is 1. The van der Waals surface area contributed by atoms with Gasteiger partial charge in [-0.05, 0) is 25.3 Å². The molecule has 0 aromatic carbocycles. The van der Waals surface area contributed by atoms with E-state index >= 15 is 0 Å². The van der Waals surface area contributed by atoms with Crippen LogP contribution in [-0.2, 0) is 0 Å². The number of rotatable bonds is 5. The van der Waals surface area contributed by atoms with Crippen molar-refractivity contribution in [1.29, 1.82) is 0 Å². The highest BCUT2D eigenvalue weighted by Crippen LogP contribution is 2.31. The van der Waals surface area contributed by atoms with Gasteiger partial charge in [-0.1, -0.05) is 11.3 Å². The Morgan fingerprint density at radius 3 is 3.00 bits per heavy atom. The van der Waals surface area contributed by atoms with Gasteiger partial charge >= 0.3 is 6.03 Å². The minimum atomic E-state index is -0.103. The van der Waals surface area contributed by atoms with Gasteiger partial charge < -0.3 is 4.90 Å². The van der Waals surface area contributed by atoms with Crippen molar-refractivity contribution >= 4 is 34.1 Å². The molecule has 0 saturated heterocycles. The van der Waals surface area contributed by atoms with Gasteiger partial charge in [0, 0.05) is 37.3 Å². The molecule has 0 unspecified atom stereocenters. The fourth-order valence-electron chi connectivity index (χ4n) is 1.65. The Kier molecular flexibility index (Phi) is 5.58. The number of carbonyl (C=O) groups is 1. The molecule has 0 radical (unpaired) electrons. The van der Waals surface area contributed by atoms with Crippen LogP contribution in [0.2, 0.25) is 0 Å². The average Bonchev–Trinajstić information content (AvgIpc) is 2.86. The third-order valence-corrected chi connectivity index (χ3v) is 4.62. The maximum atomic E-state index is 12.1. The Hall–Kier alpha value is -1.60. The van der Waals surface area contributed by atoms with Crippen LogP contribution in [0.15, 0.2) is 24.5 Å². The minimum absolute atomic E-state index is 0.103. The van der Waals surface area contributed by atoms with Crippen molar-refractivity contribution in [2.45, 2.75) is 6.92 Å². The molecule has 2 rings (SSSR count). The molecule has 0 aliphatic carbocycles. The zero-order valence-corrected chi connectivity index (χ0v) is 13.9. The second-order valence-electron chi connectivity index (χ2n) is 4.52. The first kappa shape index (κ1) is 15.8. The van der Waals surface area contributed by atoms with E-state index in [0.29, 0.717) is 0 Å². The van der Waals surface area contributed by atoms with E-state index in [-0.39, 0.29) is 6.03 Å². The SMILES string of the molecule is CSCCN(C)C(=O)Nc1sc(-c2cccnc2)nc1C. The summed E-state index contributed by atoms with van der Waals surface area (Å²) in [4.78, 5) is 22.4. The van der Waals surface area contributed by atoms with Crippen molar-refractivity contribution in [3.8, 4) is 10.6 Å². The molecule has 2 aromatic heterocycles. The largest absolute Gasteiger partial charge is 0.327 e. The fourth-order valence-corrected chi connectivity index (χ4v) is 3.05. The number of nitrogens with zero attached hydrogens (tertiary/aromatic N) is 3. The normalized spacial score (nSPS) is 10.4. The van der Waals surface area contributed by atoms with Crippen molar-refractivity contribution in [2.75, 3.05) is 30.9 Å². The number of amides is 2. The van der Waals surface area contributed by atoms with Crippen LogP contribution in [0.5, 0.6) is 0 Å². The molecular weight excluding hydrogens is 304 g/mol. The van der Waals surface area contributed by atoms with Gasteiger partial charge in [-0.2, -0.15) is 11.8 Å². The van der Waals surface area contributed by atoms with Gasteiger partial charge in [0.15, 0.2) is 0 Å². The topological polar surface area (TPSA) is 58.1 Å². The van der Waals surface area contributed by atoms with Crippen LogP contribution in [0.3, 0.4) is 0 Å². The highest BCUT2D eigenvalue weighted by atomic mass is 32.2. The quantitative estimate of drug-likeness (QED) is 0.917. The van der Waals surface area contributed by atoms with Crippen LogP contribution in [-0.4, -0.2) is 46.5 Å². The number of aromatic nitrogens is 2. The maximum absolute atomic E-state index is 12.1. The molecule has 2 aromatic rings. The van der Waals surface area contributed by atoms with Crippen molar-refractivity contribution in [2.24, 2.45) is 0 Å². The van der Waals surface area contributed by atoms with Crippen LogP contribution >= 0.6 is 23.1 Å². The Morgan fingerprint density at radius 1 is 1.52 bits per heavy atom. The molecule has 0 atom stereocenters. The summed E-state index contributed by atoms with van der Waals surface area (Å²) in [5, 5.41) is 4.57. The highest BCUT2D eigenvalue weighted by molar-refractivity contribution is 7.98. The maximum Gasteiger partial charge on any atom is 0.322 e. The number of nitrogens with one attached hydrogen (secondary N) is 1.